The van der Waals surface area contributed by atoms with E-state index in [1.807, 2.05) is 24.4 Å². The number of hydrogen-bond acceptors (Lipinski definition) is 5. The Balaban J connectivity index is 0.000000968. The summed E-state index contributed by atoms with van der Waals surface area (Å²) in [6, 6.07) is 16.2. The summed E-state index contributed by atoms with van der Waals surface area (Å²) in [4.78, 5) is 36.6. The molecule has 2 aromatic carbocycles. The van der Waals surface area contributed by atoms with Gasteiger partial charge >= 0.3 is 0 Å². The quantitative estimate of drug-likeness (QED) is 0.350. The topological polar surface area (TPSA) is 114 Å². The van der Waals surface area contributed by atoms with Crippen molar-refractivity contribution in [1.29, 1.82) is 0 Å². The fourth-order valence-electron chi connectivity index (χ4n) is 2.96. The molecule has 0 aliphatic heterocycles. The zero-order chi connectivity index (χ0) is 23.8. The van der Waals surface area contributed by atoms with Crippen molar-refractivity contribution in [3.05, 3.63) is 96.2 Å². The second-order valence-electron chi connectivity index (χ2n) is 6.77. The molecule has 33 heavy (non-hydrogen) atoms. The van der Waals surface area contributed by atoms with Gasteiger partial charge in [0.2, 0.25) is 0 Å². The van der Waals surface area contributed by atoms with Crippen LogP contribution < -0.4 is 5.32 Å². The lowest BCUT2D eigenvalue weighted by molar-refractivity contribution is -0.122. The summed E-state index contributed by atoms with van der Waals surface area (Å²) in [5.74, 6) is -1.10. The van der Waals surface area contributed by atoms with E-state index in [-0.39, 0.29) is 17.8 Å². The van der Waals surface area contributed by atoms with E-state index in [1.54, 1.807) is 41.2 Å². The van der Waals surface area contributed by atoms with Crippen molar-refractivity contribution in [3.63, 3.8) is 0 Å². The van der Waals surface area contributed by atoms with Gasteiger partial charge in [-0.05, 0) is 67.6 Å². The number of pyridine rings is 1. The molecule has 2 aromatic heterocycles. The van der Waals surface area contributed by atoms with Crippen LogP contribution >= 0.6 is 0 Å². The third kappa shape index (κ3) is 5.95. The smallest absolute Gasteiger partial charge is 0.290 e. The highest BCUT2D eigenvalue weighted by Crippen LogP contribution is 2.22. The molecule has 0 aliphatic carbocycles. The molecule has 0 saturated heterocycles. The Hall–Kier alpha value is -4.66. The van der Waals surface area contributed by atoms with Crippen molar-refractivity contribution in [1.82, 2.24) is 14.8 Å². The van der Waals surface area contributed by atoms with Gasteiger partial charge in [0.25, 0.3) is 12.4 Å². The molecule has 4 rings (SSSR count). The molecule has 0 unspecified atom stereocenters. The SMILES string of the molecule is CC(=O)c1ccc(-c2cc(F)cc(C(=O)Nc3ccc(-n4cccn4)cc3)c2)nc1.O=CO. The Labute approximate surface area is 188 Å². The minimum Gasteiger partial charge on any atom is -0.483 e. The van der Waals surface area contributed by atoms with Gasteiger partial charge in [0.1, 0.15) is 5.82 Å². The third-order valence-corrected chi connectivity index (χ3v) is 4.52. The van der Waals surface area contributed by atoms with Crippen LogP contribution in [0, 0.1) is 5.82 Å². The Kier molecular flexibility index (Phi) is 7.38. The number of amides is 1. The zero-order valence-electron chi connectivity index (χ0n) is 17.5. The van der Waals surface area contributed by atoms with Crippen molar-refractivity contribution >= 4 is 23.9 Å². The van der Waals surface area contributed by atoms with Gasteiger partial charge in [-0.2, -0.15) is 5.10 Å². The fraction of sp³-hybridized carbons (Fsp3) is 0.0417. The van der Waals surface area contributed by atoms with Crippen LogP contribution in [0.15, 0.2) is 79.3 Å². The maximum Gasteiger partial charge on any atom is 0.290 e. The van der Waals surface area contributed by atoms with Crippen molar-refractivity contribution in [2.75, 3.05) is 5.32 Å². The number of halogens is 1. The van der Waals surface area contributed by atoms with Gasteiger partial charge in [0, 0.05) is 41.0 Å². The monoisotopic (exact) mass is 446 g/mol. The van der Waals surface area contributed by atoms with Crippen LogP contribution in [0.1, 0.15) is 27.6 Å². The summed E-state index contributed by atoms with van der Waals surface area (Å²) in [6.07, 6.45) is 4.93. The molecule has 4 aromatic rings. The lowest BCUT2D eigenvalue weighted by atomic mass is 10.1. The van der Waals surface area contributed by atoms with Crippen LogP contribution in [0.5, 0.6) is 0 Å². The Bertz CT molecular complexity index is 1250. The maximum atomic E-state index is 14.2. The summed E-state index contributed by atoms with van der Waals surface area (Å²) >= 11 is 0. The number of carboxylic acid groups (broad SMARTS) is 1. The number of nitrogens with one attached hydrogen (secondary N) is 1. The van der Waals surface area contributed by atoms with E-state index in [1.165, 1.54) is 25.3 Å². The van der Waals surface area contributed by atoms with Gasteiger partial charge in [0.05, 0.1) is 11.4 Å². The van der Waals surface area contributed by atoms with Crippen LogP contribution in [0.25, 0.3) is 16.9 Å². The van der Waals surface area contributed by atoms with Crippen LogP contribution in [-0.4, -0.2) is 38.0 Å². The van der Waals surface area contributed by atoms with Gasteiger partial charge in [-0.15, -0.1) is 0 Å². The van der Waals surface area contributed by atoms with Crippen molar-refractivity contribution in [2.24, 2.45) is 0 Å². The van der Waals surface area contributed by atoms with E-state index in [0.29, 0.717) is 22.5 Å². The molecule has 166 valence electrons. The van der Waals surface area contributed by atoms with Crippen LogP contribution in [-0.2, 0) is 4.79 Å². The number of hydrogen-bond donors (Lipinski definition) is 2. The first-order chi connectivity index (χ1) is 15.9. The summed E-state index contributed by atoms with van der Waals surface area (Å²) in [7, 11) is 0. The minimum absolute atomic E-state index is 0.105. The van der Waals surface area contributed by atoms with Gasteiger partial charge in [-0.3, -0.25) is 19.4 Å². The van der Waals surface area contributed by atoms with Crippen LogP contribution in [0.3, 0.4) is 0 Å². The molecule has 2 heterocycles. The number of carbonyl (C=O) groups excluding carboxylic acids is 2. The van der Waals surface area contributed by atoms with E-state index in [9.17, 15) is 14.0 Å². The fourth-order valence-corrected chi connectivity index (χ4v) is 2.96. The first-order valence-electron chi connectivity index (χ1n) is 9.68. The first-order valence-corrected chi connectivity index (χ1v) is 9.68. The predicted octanol–water partition coefficient (Wildman–Crippen LogP) is 4.23. The molecule has 8 nitrogen and oxygen atoms in total. The largest absolute Gasteiger partial charge is 0.483 e. The molecular weight excluding hydrogens is 427 g/mol. The number of benzene rings is 2. The normalized spacial score (nSPS) is 10.0. The van der Waals surface area contributed by atoms with E-state index in [4.69, 9.17) is 9.90 Å². The van der Waals surface area contributed by atoms with Crippen LogP contribution in [0.4, 0.5) is 10.1 Å². The molecule has 0 bridgehead atoms. The highest BCUT2D eigenvalue weighted by Gasteiger charge is 2.12. The highest BCUT2D eigenvalue weighted by atomic mass is 19.1. The molecule has 0 spiro atoms. The first kappa shape index (κ1) is 23.0. The Morgan fingerprint density at radius 3 is 2.36 bits per heavy atom. The predicted molar refractivity (Wildman–Crippen MR) is 120 cm³/mol. The number of Topliss-reactive ketones (excluding diaryl/α,β-unsaturated/α-hetero) is 1. The second-order valence-corrected chi connectivity index (χ2v) is 6.77. The lowest BCUT2D eigenvalue weighted by Gasteiger charge is -2.09. The van der Waals surface area contributed by atoms with Crippen molar-refractivity contribution in [2.45, 2.75) is 6.92 Å². The van der Waals surface area contributed by atoms with Gasteiger partial charge in [-0.25, -0.2) is 9.07 Å². The minimum atomic E-state index is -0.552. The summed E-state index contributed by atoms with van der Waals surface area (Å²) in [6.45, 7) is 1.20. The van der Waals surface area contributed by atoms with Gasteiger partial charge in [-0.1, -0.05) is 0 Å². The Morgan fingerprint density at radius 1 is 1.06 bits per heavy atom. The van der Waals surface area contributed by atoms with Crippen molar-refractivity contribution in [3.8, 4) is 16.9 Å². The summed E-state index contributed by atoms with van der Waals surface area (Å²) < 4.78 is 15.9. The molecule has 0 saturated carbocycles. The van der Waals surface area contributed by atoms with E-state index >= 15 is 0 Å². The average Bonchev–Trinajstić information content (AvgIpc) is 3.35. The number of ketones is 1. The third-order valence-electron chi connectivity index (χ3n) is 4.52. The molecule has 1 amide bonds. The maximum absolute atomic E-state index is 14.2. The molecule has 0 fully saturated rings. The van der Waals surface area contributed by atoms with E-state index < -0.39 is 11.7 Å². The van der Waals surface area contributed by atoms with Gasteiger partial charge in [0.15, 0.2) is 5.78 Å². The number of carbonyl (C=O) groups is 3. The molecule has 2 N–H and O–H groups in total. The number of nitrogens with zero attached hydrogens (tertiary/aromatic N) is 3. The van der Waals surface area contributed by atoms with E-state index in [2.05, 4.69) is 15.4 Å². The number of rotatable bonds is 5. The number of anilines is 1. The standard InChI is InChI=1S/C23H17FN4O2.CH2O2/c1-15(29)16-3-8-22(25-14-16)17-11-18(13-19(24)12-17)23(30)27-20-4-6-21(7-5-20)28-10-2-9-26-28;2-1-3/h2-14H,1H3,(H,27,30);1H,(H,2,3). The molecule has 0 radical (unpaired) electrons. The second kappa shape index (κ2) is 10.6. The summed E-state index contributed by atoms with van der Waals surface area (Å²) in [5.41, 5.74) is 2.98. The summed E-state index contributed by atoms with van der Waals surface area (Å²) in [5, 5.41) is 13.8. The van der Waals surface area contributed by atoms with Gasteiger partial charge < -0.3 is 10.4 Å². The molecule has 0 aliphatic rings. The van der Waals surface area contributed by atoms with Crippen LogP contribution in [0.2, 0.25) is 0 Å². The highest BCUT2D eigenvalue weighted by molar-refractivity contribution is 6.05. The molecule has 9 heteroatoms. The lowest BCUT2D eigenvalue weighted by Crippen LogP contribution is -2.12. The molecule has 0 atom stereocenters. The molecular formula is C24H19FN4O4. The zero-order valence-corrected chi connectivity index (χ0v) is 17.5. The van der Waals surface area contributed by atoms with E-state index in [0.717, 1.165) is 5.69 Å². The number of aromatic nitrogens is 3. The van der Waals surface area contributed by atoms with Crippen molar-refractivity contribution < 1.29 is 23.9 Å². The Morgan fingerprint density at radius 2 is 1.79 bits per heavy atom. The average molecular weight is 446 g/mol.